The van der Waals surface area contributed by atoms with Crippen molar-refractivity contribution in [2.75, 3.05) is 12.0 Å². The Hall–Kier alpha value is -2.62. The van der Waals surface area contributed by atoms with Crippen molar-refractivity contribution in [3.05, 3.63) is 59.7 Å². The lowest BCUT2D eigenvalue weighted by Crippen LogP contribution is -2.15. The topological polar surface area (TPSA) is 50.7 Å². The van der Waals surface area contributed by atoms with E-state index >= 15 is 0 Å². The predicted molar refractivity (Wildman–Crippen MR) is 83.1 cm³/mol. The SMILES string of the molecule is Cc1ccc2c(c1)C(=O)/C(=N/Nc1ccccc1)CCO2. The Bertz CT molecular complexity index is 693. The molecule has 0 saturated carbocycles. The third-order valence-corrected chi connectivity index (χ3v) is 3.33. The smallest absolute Gasteiger partial charge is 0.212 e. The number of carbonyl (C=O) groups is 1. The van der Waals surface area contributed by atoms with Gasteiger partial charge in [-0.2, -0.15) is 5.10 Å². The zero-order chi connectivity index (χ0) is 14.7. The molecule has 0 bridgehead atoms. The Balaban J connectivity index is 1.88. The number of carbonyl (C=O) groups excluding carboxylic acids is 1. The van der Waals surface area contributed by atoms with Gasteiger partial charge in [0.15, 0.2) is 0 Å². The lowest BCUT2D eigenvalue weighted by atomic mass is 10.0. The molecule has 106 valence electrons. The summed E-state index contributed by atoms with van der Waals surface area (Å²) in [6, 6.07) is 15.2. The first-order valence-corrected chi connectivity index (χ1v) is 6.90. The summed E-state index contributed by atoms with van der Waals surface area (Å²) < 4.78 is 5.63. The first kappa shape index (κ1) is 13.4. The van der Waals surface area contributed by atoms with Gasteiger partial charge in [0.2, 0.25) is 5.78 Å². The highest BCUT2D eigenvalue weighted by Gasteiger charge is 2.22. The number of ether oxygens (including phenoxy) is 1. The normalized spacial score (nSPS) is 16.0. The lowest BCUT2D eigenvalue weighted by molar-refractivity contribution is 0.106. The van der Waals surface area contributed by atoms with E-state index in [0.29, 0.717) is 30.1 Å². The van der Waals surface area contributed by atoms with Gasteiger partial charge in [-0.05, 0) is 31.2 Å². The van der Waals surface area contributed by atoms with Crippen LogP contribution in [-0.4, -0.2) is 18.1 Å². The quantitative estimate of drug-likeness (QED) is 0.857. The Morgan fingerprint density at radius 1 is 1.14 bits per heavy atom. The molecule has 1 aliphatic heterocycles. The molecular weight excluding hydrogens is 264 g/mol. The van der Waals surface area contributed by atoms with Crippen LogP contribution >= 0.6 is 0 Å². The fourth-order valence-corrected chi connectivity index (χ4v) is 2.23. The number of Topliss-reactive ketones (excluding diaryl/α,β-unsaturated/α-hetero) is 1. The molecule has 0 aromatic heterocycles. The fourth-order valence-electron chi connectivity index (χ4n) is 2.23. The Morgan fingerprint density at radius 2 is 1.95 bits per heavy atom. The van der Waals surface area contributed by atoms with E-state index in [1.165, 1.54) is 0 Å². The number of rotatable bonds is 2. The summed E-state index contributed by atoms with van der Waals surface area (Å²) in [6.07, 6.45) is 0.492. The number of benzene rings is 2. The third kappa shape index (κ3) is 2.94. The summed E-state index contributed by atoms with van der Waals surface area (Å²) >= 11 is 0. The van der Waals surface area contributed by atoms with Crippen molar-refractivity contribution >= 4 is 17.2 Å². The molecule has 0 saturated heterocycles. The van der Waals surface area contributed by atoms with Crippen LogP contribution < -0.4 is 10.2 Å². The van der Waals surface area contributed by atoms with E-state index in [1.807, 2.05) is 55.5 Å². The van der Waals surface area contributed by atoms with Gasteiger partial charge >= 0.3 is 0 Å². The van der Waals surface area contributed by atoms with Crippen LogP contribution in [0, 0.1) is 6.92 Å². The van der Waals surface area contributed by atoms with Crippen LogP contribution in [0.2, 0.25) is 0 Å². The maximum absolute atomic E-state index is 12.6. The minimum absolute atomic E-state index is 0.0744. The molecule has 2 aromatic rings. The second-order valence-electron chi connectivity index (χ2n) is 4.96. The maximum atomic E-state index is 12.6. The molecule has 1 heterocycles. The molecule has 2 aromatic carbocycles. The molecule has 4 heteroatoms. The van der Waals surface area contributed by atoms with Gasteiger partial charge in [0.25, 0.3) is 0 Å². The molecule has 4 nitrogen and oxygen atoms in total. The fraction of sp³-hybridized carbons (Fsp3) is 0.176. The van der Waals surface area contributed by atoms with Gasteiger partial charge in [-0.1, -0.05) is 29.8 Å². The second kappa shape index (κ2) is 5.79. The lowest BCUT2D eigenvalue weighted by Gasteiger charge is -2.06. The van der Waals surface area contributed by atoms with E-state index in [1.54, 1.807) is 0 Å². The summed E-state index contributed by atoms with van der Waals surface area (Å²) in [4.78, 5) is 12.6. The number of nitrogens with one attached hydrogen (secondary N) is 1. The molecule has 0 radical (unpaired) electrons. The molecule has 0 aliphatic carbocycles. The van der Waals surface area contributed by atoms with Gasteiger partial charge in [-0.3, -0.25) is 10.2 Å². The van der Waals surface area contributed by atoms with E-state index in [0.717, 1.165) is 11.3 Å². The molecule has 0 fully saturated rings. The largest absolute Gasteiger partial charge is 0.492 e. The Kier molecular flexibility index (Phi) is 3.69. The molecule has 21 heavy (non-hydrogen) atoms. The summed E-state index contributed by atoms with van der Waals surface area (Å²) in [6.45, 7) is 2.41. The van der Waals surface area contributed by atoms with E-state index in [-0.39, 0.29) is 5.78 Å². The minimum atomic E-state index is -0.0744. The number of hydrazone groups is 1. The number of anilines is 1. The Labute approximate surface area is 123 Å². The van der Waals surface area contributed by atoms with E-state index in [4.69, 9.17) is 4.74 Å². The average molecular weight is 280 g/mol. The van der Waals surface area contributed by atoms with E-state index in [9.17, 15) is 4.79 Å². The van der Waals surface area contributed by atoms with Gasteiger partial charge in [0.1, 0.15) is 11.5 Å². The molecule has 1 aliphatic rings. The standard InChI is InChI=1S/C17H16N2O2/c1-12-7-8-16-14(11-12)17(20)15(9-10-21-16)19-18-13-5-3-2-4-6-13/h2-8,11,18H,9-10H2,1H3/b19-15+. The maximum Gasteiger partial charge on any atom is 0.212 e. The van der Waals surface area contributed by atoms with Crippen molar-refractivity contribution < 1.29 is 9.53 Å². The first-order valence-electron chi connectivity index (χ1n) is 6.90. The molecule has 0 atom stereocenters. The predicted octanol–water partition coefficient (Wildman–Crippen LogP) is 3.43. The first-order chi connectivity index (χ1) is 10.2. The average Bonchev–Trinajstić information content (AvgIpc) is 2.66. The highest BCUT2D eigenvalue weighted by Crippen LogP contribution is 2.24. The molecule has 3 rings (SSSR count). The third-order valence-electron chi connectivity index (χ3n) is 3.33. The second-order valence-corrected chi connectivity index (χ2v) is 4.96. The van der Waals surface area contributed by atoms with Crippen LogP contribution in [0.25, 0.3) is 0 Å². The zero-order valence-corrected chi connectivity index (χ0v) is 11.8. The number of nitrogens with zero attached hydrogens (tertiary/aromatic N) is 1. The van der Waals surface area contributed by atoms with Gasteiger partial charge < -0.3 is 4.74 Å². The van der Waals surface area contributed by atoms with Crippen LogP contribution in [0.3, 0.4) is 0 Å². The molecular formula is C17H16N2O2. The minimum Gasteiger partial charge on any atom is -0.492 e. The molecule has 1 N–H and O–H groups in total. The number of hydrogen-bond donors (Lipinski definition) is 1. The van der Waals surface area contributed by atoms with Crippen LogP contribution in [0.15, 0.2) is 53.6 Å². The van der Waals surface area contributed by atoms with Crippen LogP contribution in [-0.2, 0) is 0 Å². The number of hydrogen-bond acceptors (Lipinski definition) is 4. The van der Waals surface area contributed by atoms with Crippen LogP contribution in [0.5, 0.6) is 5.75 Å². The van der Waals surface area contributed by atoms with Gasteiger partial charge in [-0.25, -0.2) is 0 Å². The molecule has 0 amide bonds. The zero-order valence-electron chi connectivity index (χ0n) is 11.8. The number of para-hydroxylation sites is 1. The molecule has 0 unspecified atom stereocenters. The van der Waals surface area contributed by atoms with E-state index in [2.05, 4.69) is 10.5 Å². The summed E-state index contributed by atoms with van der Waals surface area (Å²) in [5, 5.41) is 4.26. The van der Waals surface area contributed by atoms with Crippen molar-refractivity contribution in [1.82, 2.24) is 0 Å². The van der Waals surface area contributed by atoms with Crippen molar-refractivity contribution in [3.63, 3.8) is 0 Å². The van der Waals surface area contributed by atoms with Gasteiger partial charge in [0, 0.05) is 6.42 Å². The Morgan fingerprint density at radius 3 is 2.76 bits per heavy atom. The van der Waals surface area contributed by atoms with Crippen molar-refractivity contribution in [2.24, 2.45) is 5.10 Å². The van der Waals surface area contributed by atoms with Crippen molar-refractivity contribution in [3.8, 4) is 5.75 Å². The molecule has 0 spiro atoms. The van der Waals surface area contributed by atoms with Crippen molar-refractivity contribution in [1.29, 1.82) is 0 Å². The van der Waals surface area contributed by atoms with Crippen LogP contribution in [0.4, 0.5) is 5.69 Å². The van der Waals surface area contributed by atoms with Crippen LogP contribution in [0.1, 0.15) is 22.3 Å². The van der Waals surface area contributed by atoms with Gasteiger partial charge in [0.05, 0.1) is 17.9 Å². The summed E-state index contributed by atoms with van der Waals surface area (Å²) in [5.74, 6) is 0.560. The number of fused-ring (bicyclic) bond motifs is 1. The summed E-state index contributed by atoms with van der Waals surface area (Å²) in [7, 11) is 0. The highest BCUT2D eigenvalue weighted by molar-refractivity contribution is 6.46. The van der Waals surface area contributed by atoms with Gasteiger partial charge in [-0.15, -0.1) is 0 Å². The highest BCUT2D eigenvalue weighted by atomic mass is 16.5. The monoisotopic (exact) mass is 280 g/mol. The number of aryl methyl sites for hydroxylation is 1. The summed E-state index contributed by atoms with van der Waals surface area (Å²) in [5.41, 5.74) is 5.89. The van der Waals surface area contributed by atoms with E-state index < -0.39 is 0 Å². The number of ketones is 1. The van der Waals surface area contributed by atoms with Crippen molar-refractivity contribution in [2.45, 2.75) is 13.3 Å².